The second-order valence-corrected chi connectivity index (χ2v) is 5.48. The highest BCUT2D eigenvalue weighted by Gasteiger charge is 2.06. The van der Waals surface area contributed by atoms with Gasteiger partial charge in [-0.3, -0.25) is 4.79 Å². The Morgan fingerprint density at radius 1 is 1.33 bits per heavy atom. The number of benzene rings is 1. The van der Waals surface area contributed by atoms with Gasteiger partial charge in [0.25, 0.3) is 5.56 Å². The Balaban J connectivity index is 2.12. The van der Waals surface area contributed by atoms with Crippen LogP contribution in [0.25, 0.3) is 0 Å². The zero-order valence-corrected chi connectivity index (χ0v) is 12.3. The fraction of sp³-hybridized carbons (Fsp3) is 0.375. The summed E-state index contributed by atoms with van der Waals surface area (Å²) in [5.41, 5.74) is 0.983. The smallest absolute Gasteiger partial charge is 0.251 e. The summed E-state index contributed by atoms with van der Waals surface area (Å²) >= 11 is 0. The summed E-state index contributed by atoms with van der Waals surface area (Å²) in [5.74, 6) is 0.724. The van der Waals surface area contributed by atoms with Crippen molar-refractivity contribution in [2.24, 2.45) is 5.92 Å². The zero-order valence-electron chi connectivity index (χ0n) is 12.3. The summed E-state index contributed by atoms with van der Waals surface area (Å²) in [5, 5.41) is 3.24. The van der Waals surface area contributed by atoms with Gasteiger partial charge in [-0.15, -0.1) is 0 Å². The van der Waals surface area contributed by atoms with Gasteiger partial charge < -0.3 is 10.3 Å². The van der Waals surface area contributed by atoms with Crippen LogP contribution in [-0.4, -0.2) is 16.5 Å². The van der Waals surface area contributed by atoms with E-state index in [2.05, 4.69) is 29.1 Å². The topological polar surface area (TPSA) is 57.8 Å². The van der Waals surface area contributed by atoms with Gasteiger partial charge in [0.15, 0.2) is 0 Å². The van der Waals surface area contributed by atoms with Gasteiger partial charge in [0, 0.05) is 19.0 Å². The minimum atomic E-state index is -0.288. The number of nitrogens with zero attached hydrogens (tertiary/aromatic N) is 1. The highest BCUT2D eigenvalue weighted by Crippen LogP contribution is 2.09. The third-order valence-corrected chi connectivity index (χ3v) is 3.02. The molecule has 0 aliphatic carbocycles. The van der Waals surface area contributed by atoms with Crippen LogP contribution in [0.2, 0.25) is 0 Å². The van der Waals surface area contributed by atoms with Crippen LogP contribution in [0.3, 0.4) is 0 Å². The fourth-order valence-electron chi connectivity index (χ4n) is 2.05. The molecule has 2 N–H and O–H groups in total. The molecule has 0 saturated heterocycles. The van der Waals surface area contributed by atoms with Crippen LogP contribution < -0.4 is 10.9 Å². The molecule has 0 unspecified atom stereocenters. The highest BCUT2D eigenvalue weighted by molar-refractivity contribution is 5.21. The molecule has 0 aliphatic heterocycles. The Labute approximate surface area is 123 Å². The van der Waals surface area contributed by atoms with Gasteiger partial charge >= 0.3 is 0 Å². The zero-order chi connectivity index (χ0) is 15.2. The van der Waals surface area contributed by atoms with E-state index < -0.39 is 0 Å². The van der Waals surface area contributed by atoms with Crippen molar-refractivity contribution in [1.29, 1.82) is 0 Å². The molecule has 0 spiro atoms. The van der Waals surface area contributed by atoms with Crippen LogP contribution in [0.5, 0.6) is 0 Å². The molecule has 0 fully saturated rings. The second-order valence-electron chi connectivity index (χ2n) is 5.48. The van der Waals surface area contributed by atoms with E-state index in [0.29, 0.717) is 29.5 Å². The van der Waals surface area contributed by atoms with Gasteiger partial charge in [0.1, 0.15) is 11.6 Å². The number of rotatable bonds is 6. The first-order valence-corrected chi connectivity index (χ1v) is 7.08. The van der Waals surface area contributed by atoms with E-state index in [1.807, 2.05) is 0 Å². The number of hydrogen-bond acceptors (Lipinski definition) is 3. The molecule has 4 nitrogen and oxygen atoms in total. The molecule has 1 aromatic heterocycles. The van der Waals surface area contributed by atoms with Crippen molar-refractivity contribution in [1.82, 2.24) is 15.3 Å². The Bertz CT molecular complexity index is 652. The Kier molecular flexibility index (Phi) is 5.22. The average Bonchev–Trinajstić information content (AvgIpc) is 2.40. The number of aromatic nitrogens is 2. The van der Waals surface area contributed by atoms with E-state index in [0.717, 1.165) is 6.54 Å². The van der Waals surface area contributed by atoms with E-state index in [9.17, 15) is 9.18 Å². The third-order valence-electron chi connectivity index (χ3n) is 3.02. The predicted molar refractivity (Wildman–Crippen MR) is 80.6 cm³/mol. The molecular weight excluding hydrogens is 269 g/mol. The molecule has 112 valence electrons. The van der Waals surface area contributed by atoms with Crippen molar-refractivity contribution < 1.29 is 4.39 Å². The average molecular weight is 289 g/mol. The molecule has 0 aliphatic rings. The maximum atomic E-state index is 13.6. The molecule has 0 atom stereocenters. The molecule has 0 saturated carbocycles. The second kappa shape index (κ2) is 7.13. The van der Waals surface area contributed by atoms with Crippen molar-refractivity contribution >= 4 is 0 Å². The van der Waals surface area contributed by atoms with Crippen LogP contribution in [0.1, 0.15) is 30.9 Å². The first-order valence-electron chi connectivity index (χ1n) is 7.08. The number of nitrogens with one attached hydrogen (secondary N) is 2. The first kappa shape index (κ1) is 15.4. The van der Waals surface area contributed by atoms with Crippen molar-refractivity contribution in [3.8, 4) is 0 Å². The summed E-state index contributed by atoms with van der Waals surface area (Å²) in [6.45, 7) is 5.62. The van der Waals surface area contributed by atoms with Crippen LogP contribution in [-0.2, 0) is 13.0 Å². The summed E-state index contributed by atoms with van der Waals surface area (Å²) in [7, 11) is 0. The van der Waals surface area contributed by atoms with Crippen molar-refractivity contribution in [2.75, 3.05) is 6.54 Å². The maximum Gasteiger partial charge on any atom is 0.251 e. The van der Waals surface area contributed by atoms with Crippen molar-refractivity contribution in [2.45, 2.75) is 26.8 Å². The Hall–Kier alpha value is -2.01. The van der Waals surface area contributed by atoms with Crippen molar-refractivity contribution in [3.05, 3.63) is 63.6 Å². The van der Waals surface area contributed by atoms with Gasteiger partial charge in [-0.05, 0) is 24.1 Å². The van der Waals surface area contributed by atoms with Crippen molar-refractivity contribution in [3.63, 3.8) is 0 Å². The number of halogens is 1. The third kappa shape index (κ3) is 4.79. The molecule has 1 aromatic carbocycles. The summed E-state index contributed by atoms with van der Waals surface area (Å²) in [6.07, 6.45) is 0.278. The molecule has 5 heteroatoms. The van der Waals surface area contributed by atoms with Crippen LogP contribution in [0, 0.1) is 11.7 Å². The van der Waals surface area contributed by atoms with E-state index in [1.165, 1.54) is 12.1 Å². The lowest BCUT2D eigenvalue weighted by Gasteiger charge is -2.08. The van der Waals surface area contributed by atoms with Gasteiger partial charge in [-0.2, -0.15) is 0 Å². The van der Waals surface area contributed by atoms with E-state index >= 15 is 0 Å². The van der Waals surface area contributed by atoms with Crippen LogP contribution in [0.4, 0.5) is 4.39 Å². The lowest BCUT2D eigenvalue weighted by Crippen LogP contribution is -2.22. The first-order chi connectivity index (χ1) is 10.0. The minimum Gasteiger partial charge on any atom is -0.311 e. The summed E-state index contributed by atoms with van der Waals surface area (Å²) in [6, 6.07) is 7.98. The van der Waals surface area contributed by atoms with Gasteiger partial charge in [-0.25, -0.2) is 9.37 Å². The molecule has 0 radical (unpaired) electrons. The standard InChI is InChI=1S/C16H20FN3O/c1-11(2)9-18-10-13-8-16(21)20-15(19-13)7-12-5-3-4-6-14(12)17/h3-6,8,11,18H,7,9-10H2,1-2H3,(H,19,20,21). The molecule has 1 heterocycles. The normalized spacial score (nSPS) is 11.0. The fourth-order valence-corrected chi connectivity index (χ4v) is 2.05. The quantitative estimate of drug-likeness (QED) is 0.857. The maximum absolute atomic E-state index is 13.6. The predicted octanol–water partition coefficient (Wildman–Crippen LogP) is 2.25. The largest absolute Gasteiger partial charge is 0.311 e. The van der Waals surface area contributed by atoms with Gasteiger partial charge in [0.2, 0.25) is 0 Å². The highest BCUT2D eigenvalue weighted by atomic mass is 19.1. The van der Waals surface area contributed by atoms with E-state index in [4.69, 9.17) is 0 Å². The number of H-pyrrole nitrogens is 1. The van der Waals surface area contributed by atoms with E-state index in [1.54, 1.807) is 18.2 Å². The van der Waals surface area contributed by atoms with Crippen LogP contribution >= 0.6 is 0 Å². The molecule has 2 rings (SSSR count). The lowest BCUT2D eigenvalue weighted by atomic mass is 10.1. The molecular formula is C16H20FN3O. The monoisotopic (exact) mass is 289 g/mol. The van der Waals surface area contributed by atoms with Gasteiger partial charge in [0.05, 0.1) is 5.69 Å². The van der Waals surface area contributed by atoms with E-state index in [-0.39, 0.29) is 17.8 Å². The molecule has 0 bridgehead atoms. The Morgan fingerprint density at radius 3 is 2.81 bits per heavy atom. The number of hydrogen-bond donors (Lipinski definition) is 2. The summed E-state index contributed by atoms with van der Waals surface area (Å²) in [4.78, 5) is 18.7. The summed E-state index contributed by atoms with van der Waals surface area (Å²) < 4.78 is 13.6. The lowest BCUT2D eigenvalue weighted by molar-refractivity contribution is 0.546. The minimum absolute atomic E-state index is 0.210. The number of aromatic amines is 1. The van der Waals surface area contributed by atoms with Gasteiger partial charge in [-0.1, -0.05) is 32.0 Å². The molecule has 21 heavy (non-hydrogen) atoms. The SMILES string of the molecule is CC(C)CNCc1cc(=O)[nH]c(Cc2ccccc2F)n1. The van der Waals surface area contributed by atoms with Crippen LogP contribution in [0.15, 0.2) is 35.1 Å². The Morgan fingerprint density at radius 2 is 2.10 bits per heavy atom. The molecule has 2 aromatic rings. The molecule has 0 amide bonds.